The Balaban J connectivity index is 2.01. The van der Waals surface area contributed by atoms with Gasteiger partial charge in [-0.15, -0.1) is 0 Å². The molecule has 5 nitrogen and oxygen atoms in total. The Hall–Kier alpha value is -3.13. The van der Waals surface area contributed by atoms with Gasteiger partial charge in [-0.25, -0.2) is 0 Å². The Morgan fingerprint density at radius 3 is 2.42 bits per heavy atom. The van der Waals surface area contributed by atoms with E-state index < -0.39 is 0 Å². The van der Waals surface area contributed by atoms with Gasteiger partial charge in [0, 0.05) is 18.3 Å². The molecule has 0 aliphatic heterocycles. The van der Waals surface area contributed by atoms with E-state index in [0.717, 1.165) is 16.8 Å². The number of rotatable bonds is 4. The van der Waals surface area contributed by atoms with Crippen LogP contribution in [0.15, 0.2) is 42.5 Å². The monoisotopic (exact) mass is 321 g/mol. The highest BCUT2D eigenvalue weighted by molar-refractivity contribution is 5.99. The summed E-state index contributed by atoms with van der Waals surface area (Å²) in [5, 5.41) is 11.6. The zero-order valence-electron chi connectivity index (χ0n) is 14.0. The van der Waals surface area contributed by atoms with E-state index in [9.17, 15) is 9.59 Å². The molecule has 122 valence electrons. The highest BCUT2D eigenvalue weighted by atomic mass is 16.2. The third-order valence-corrected chi connectivity index (χ3v) is 3.87. The van der Waals surface area contributed by atoms with Gasteiger partial charge in [0.1, 0.15) is 0 Å². The molecule has 0 radical (unpaired) electrons. The topological polar surface area (TPSA) is 73.2 Å². The second-order valence-electron chi connectivity index (χ2n) is 5.65. The first-order chi connectivity index (χ1) is 11.4. The van der Waals surface area contributed by atoms with Gasteiger partial charge < -0.3 is 10.2 Å². The molecule has 0 heterocycles. The van der Waals surface area contributed by atoms with Crippen LogP contribution in [0.5, 0.6) is 0 Å². The Kier molecular flexibility index (Phi) is 5.33. The van der Waals surface area contributed by atoms with E-state index in [2.05, 4.69) is 5.32 Å². The molecule has 0 fully saturated rings. The third kappa shape index (κ3) is 3.99. The normalized spacial score (nSPS) is 9.92. The summed E-state index contributed by atoms with van der Waals surface area (Å²) < 4.78 is 0. The fraction of sp³-hybridized carbons (Fsp3) is 0.211. The Morgan fingerprint density at radius 1 is 1.12 bits per heavy atom. The lowest BCUT2D eigenvalue weighted by Crippen LogP contribution is -2.35. The Bertz CT molecular complexity index is 804. The van der Waals surface area contributed by atoms with Crippen molar-refractivity contribution in [1.29, 1.82) is 5.26 Å². The molecule has 0 saturated carbocycles. The predicted molar refractivity (Wildman–Crippen MR) is 92.7 cm³/mol. The number of hydrogen-bond acceptors (Lipinski definition) is 3. The van der Waals surface area contributed by atoms with Crippen LogP contribution in [0.25, 0.3) is 0 Å². The highest BCUT2D eigenvalue weighted by Gasteiger charge is 2.15. The number of benzene rings is 2. The van der Waals surface area contributed by atoms with Gasteiger partial charge in [-0.1, -0.05) is 12.1 Å². The number of aryl methyl sites for hydroxylation is 1. The summed E-state index contributed by atoms with van der Waals surface area (Å²) in [4.78, 5) is 25.8. The van der Waals surface area contributed by atoms with Crippen molar-refractivity contribution in [2.24, 2.45) is 0 Å². The summed E-state index contributed by atoms with van der Waals surface area (Å²) in [5.74, 6) is -0.524. The molecule has 0 aromatic heterocycles. The third-order valence-electron chi connectivity index (χ3n) is 3.87. The molecule has 5 heteroatoms. The van der Waals surface area contributed by atoms with Crippen molar-refractivity contribution in [1.82, 2.24) is 4.90 Å². The van der Waals surface area contributed by atoms with E-state index in [1.165, 1.54) is 4.90 Å². The first kappa shape index (κ1) is 17.2. The molecule has 2 rings (SSSR count). The number of carbonyl (C=O) groups is 2. The minimum atomic E-state index is -0.268. The first-order valence-electron chi connectivity index (χ1n) is 7.54. The van der Waals surface area contributed by atoms with E-state index in [4.69, 9.17) is 5.26 Å². The SMILES string of the molecule is Cc1cccc(NC(=O)CN(C)C(=O)c2ccc(C#N)cc2)c1C. The van der Waals surface area contributed by atoms with Crippen molar-refractivity contribution in [2.45, 2.75) is 13.8 Å². The van der Waals surface area contributed by atoms with E-state index in [0.29, 0.717) is 11.1 Å². The second kappa shape index (κ2) is 7.42. The minimum Gasteiger partial charge on any atom is -0.332 e. The standard InChI is InChI=1S/C19H19N3O2/c1-13-5-4-6-17(14(13)2)21-18(23)12-22(3)19(24)16-9-7-15(11-20)8-10-16/h4-10H,12H2,1-3H3,(H,21,23). The molecule has 2 amide bonds. The quantitative estimate of drug-likeness (QED) is 0.941. The van der Waals surface area contributed by atoms with Gasteiger partial charge >= 0.3 is 0 Å². The summed E-state index contributed by atoms with van der Waals surface area (Å²) in [6.07, 6.45) is 0. The molecule has 0 bridgehead atoms. The zero-order chi connectivity index (χ0) is 17.7. The van der Waals surface area contributed by atoms with Crippen LogP contribution in [0.1, 0.15) is 27.0 Å². The smallest absolute Gasteiger partial charge is 0.254 e. The molecule has 0 unspecified atom stereocenters. The maximum absolute atomic E-state index is 12.3. The average molecular weight is 321 g/mol. The summed E-state index contributed by atoms with van der Waals surface area (Å²) in [7, 11) is 1.57. The van der Waals surface area contributed by atoms with Crippen molar-refractivity contribution in [3.8, 4) is 6.07 Å². The van der Waals surface area contributed by atoms with Crippen LogP contribution < -0.4 is 5.32 Å². The van der Waals surface area contributed by atoms with Crippen LogP contribution in [0.2, 0.25) is 0 Å². The average Bonchev–Trinajstić information content (AvgIpc) is 2.58. The van der Waals surface area contributed by atoms with Crippen LogP contribution in [-0.4, -0.2) is 30.3 Å². The fourth-order valence-electron chi connectivity index (χ4n) is 2.27. The molecule has 0 saturated heterocycles. The van der Waals surface area contributed by atoms with E-state index in [1.807, 2.05) is 38.1 Å². The van der Waals surface area contributed by atoms with Gasteiger partial charge in [0.2, 0.25) is 5.91 Å². The fourth-order valence-corrected chi connectivity index (χ4v) is 2.27. The molecule has 0 aliphatic rings. The van der Waals surface area contributed by atoms with Crippen LogP contribution in [0, 0.1) is 25.2 Å². The van der Waals surface area contributed by atoms with Crippen LogP contribution in [0.3, 0.4) is 0 Å². The van der Waals surface area contributed by atoms with Crippen LogP contribution in [-0.2, 0) is 4.79 Å². The number of likely N-dealkylation sites (N-methyl/N-ethyl adjacent to an activating group) is 1. The number of anilines is 1. The van der Waals surface area contributed by atoms with Gasteiger partial charge in [-0.3, -0.25) is 9.59 Å². The molecule has 2 aromatic carbocycles. The maximum atomic E-state index is 12.3. The number of carbonyl (C=O) groups excluding carboxylic acids is 2. The molecule has 0 aliphatic carbocycles. The molecule has 0 spiro atoms. The van der Waals surface area contributed by atoms with Crippen molar-refractivity contribution >= 4 is 17.5 Å². The summed E-state index contributed by atoms with van der Waals surface area (Å²) in [6, 6.07) is 14.0. The van der Waals surface area contributed by atoms with Crippen molar-refractivity contribution in [3.05, 3.63) is 64.7 Å². The summed E-state index contributed by atoms with van der Waals surface area (Å²) in [5.41, 5.74) is 3.78. The lowest BCUT2D eigenvalue weighted by atomic mass is 10.1. The van der Waals surface area contributed by atoms with E-state index in [-0.39, 0.29) is 18.4 Å². The van der Waals surface area contributed by atoms with Gasteiger partial charge in [-0.2, -0.15) is 5.26 Å². The largest absolute Gasteiger partial charge is 0.332 e. The van der Waals surface area contributed by atoms with Crippen molar-refractivity contribution in [3.63, 3.8) is 0 Å². The zero-order valence-corrected chi connectivity index (χ0v) is 14.0. The molecule has 1 N–H and O–H groups in total. The number of nitrogens with one attached hydrogen (secondary N) is 1. The van der Waals surface area contributed by atoms with Crippen molar-refractivity contribution in [2.75, 3.05) is 18.9 Å². The van der Waals surface area contributed by atoms with Gasteiger partial charge in [0.05, 0.1) is 18.2 Å². The van der Waals surface area contributed by atoms with Crippen molar-refractivity contribution < 1.29 is 9.59 Å². The first-order valence-corrected chi connectivity index (χ1v) is 7.54. The molecule has 0 atom stereocenters. The predicted octanol–water partition coefficient (Wildman–Crippen LogP) is 2.89. The lowest BCUT2D eigenvalue weighted by Gasteiger charge is -2.18. The van der Waals surface area contributed by atoms with Gasteiger partial charge in [-0.05, 0) is 55.3 Å². The van der Waals surface area contributed by atoms with E-state index >= 15 is 0 Å². The summed E-state index contributed by atoms with van der Waals surface area (Å²) in [6.45, 7) is 3.87. The maximum Gasteiger partial charge on any atom is 0.254 e. The minimum absolute atomic E-state index is 0.0494. The second-order valence-corrected chi connectivity index (χ2v) is 5.65. The molecule has 24 heavy (non-hydrogen) atoms. The molecular weight excluding hydrogens is 302 g/mol. The highest BCUT2D eigenvalue weighted by Crippen LogP contribution is 2.17. The number of hydrogen-bond donors (Lipinski definition) is 1. The molecule has 2 aromatic rings. The van der Waals surface area contributed by atoms with E-state index in [1.54, 1.807) is 31.3 Å². The van der Waals surface area contributed by atoms with Gasteiger partial charge in [0.25, 0.3) is 5.91 Å². The summed E-state index contributed by atoms with van der Waals surface area (Å²) >= 11 is 0. The van der Waals surface area contributed by atoms with Crippen LogP contribution in [0.4, 0.5) is 5.69 Å². The number of amides is 2. The van der Waals surface area contributed by atoms with Gasteiger partial charge in [0.15, 0.2) is 0 Å². The lowest BCUT2D eigenvalue weighted by molar-refractivity contribution is -0.116. The number of nitriles is 1. The Labute approximate surface area is 141 Å². The molecular formula is C19H19N3O2. The van der Waals surface area contributed by atoms with Crippen LogP contribution >= 0.6 is 0 Å². The number of nitrogens with zero attached hydrogens (tertiary/aromatic N) is 2. The Morgan fingerprint density at radius 2 is 1.79 bits per heavy atom.